The fourth-order valence-electron chi connectivity index (χ4n) is 1.93. The molecule has 1 aromatic carbocycles. The topological polar surface area (TPSA) is 80.9 Å². The SMILES string of the molecule is Cc1ccc(C(N)C(=O)Nc2cnc(C(C)(C)C)nc2)cc1.Cl. The Hall–Kier alpha value is -1.98. The second-order valence-corrected chi connectivity index (χ2v) is 6.42. The van der Waals surface area contributed by atoms with Crippen molar-refractivity contribution in [2.24, 2.45) is 5.73 Å². The molecule has 0 aliphatic heterocycles. The van der Waals surface area contributed by atoms with Gasteiger partial charge in [-0.15, -0.1) is 12.4 Å². The smallest absolute Gasteiger partial charge is 0.245 e. The van der Waals surface area contributed by atoms with Crippen LogP contribution in [-0.4, -0.2) is 15.9 Å². The molecular weight excluding hydrogens is 312 g/mol. The minimum absolute atomic E-state index is 0. The third kappa shape index (κ3) is 5.01. The Bertz CT molecular complexity index is 648. The molecule has 1 heterocycles. The molecule has 0 saturated carbocycles. The van der Waals surface area contributed by atoms with Crippen molar-refractivity contribution in [1.29, 1.82) is 0 Å². The normalized spacial score (nSPS) is 12.2. The lowest BCUT2D eigenvalue weighted by molar-refractivity contribution is -0.117. The minimum Gasteiger partial charge on any atom is -0.322 e. The van der Waals surface area contributed by atoms with Crippen LogP contribution in [0.25, 0.3) is 0 Å². The van der Waals surface area contributed by atoms with Crippen molar-refractivity contribution in [2.45, 2.75) is 39.2 Å². The molecule has 0 bridgehead atoms. The first-order chi connectivity index (χ1) is 10.3. The van der Waals surface area contributed by atoms with E-state index in [1.54, 1.807) is 12.4 Å². The highest BCUT2D eigenvalue weighted by Crippen LogP contribution is 2.19. The number of halogens is 1. The van der Waals surface area contributed by atoms with Crippen LogP contribution in [0, 0.1) is 6.92 Å². The lowest BCUT2D eigenvalue weighted by Crippen LogP contribution is -2.28. The van der Waals surface area contributed by atoms with Gasteiger partial charge in [-0.2, -0.15) is 0 Å². The summed E-state index contributed by atoms with van der Waals surface area (Å²) in [4.78, 5) is 20.7. The number of nitrogens with one attached hydrogen (secondary N) is 1. The van der Waals surface area contributed by atoms with Gasteiger partial charge in [0.1, 0.15) is 11.9 Å². The Labute approximate surface area is 143 Å². The lowest BCUT2D eigenvalue weighted by Gasteiger charge is -2.17. The number of benzene rings is 1. The van der Waals surface area contributed by atoms with E-state index in [2.05, 4.69) is 15.3 Å². The number of hydrogen-bond donors (Lipinski definition) is 2. The summed E-state index contributed by atoms with van der Waals surface area (Å²) in [5, 5.41) is 2.74. The predicted octanol–water partition coefficient (Wildman–Crippen LogP) is 3.14. The highest BCUT2D eigenvalue weighted by Gasteiger charge is 2.18. The number of nitrogens with two attached hydrogens (primary N) is 1. The van der Waals surface area contributed by atoms with Gasteiger partial charge in [-0.05, 0) is 12.5 Å². The molecule has 124 valence electrons. The number of carbonyl (C=O) groups excluding carboxylic acids is 1. The zero-order valence-electron chi connectivity index (χ0n) is 13.8. The molecule has 0 radical (unpaired) electrons. The number of aromatic nitrogens is 2. The van der Waals surface area contributed by atoms with Crippen molar-refractivity contribution in [2.75, 3.05) is 5.32 Å². The van der Waals surface area contributed by atoms with Crippen LogP contribution in [-0.2, 0) is 10.2 Å². The van der Waals surface area contributed by atoms with Crippen molar-refractivity contribution in [3.63, 3.8) is 0 Å². The van der Waals surface area contributed by atoms with Crippen molar-refractivity contribution in [3.05, 3.63) is 53.6 Å². The van der Waals surface area contributed by atoms with Crippen molar-refractivity contribution in [3.8, 4) is 0 Å². The summed E-state index contributed by atoms with van der Waals surface area (Å²) in [5.74, 6) is 0.448. The summed E-state index contributed by atoms with van der Waals surface area (Å²) >= 11 is 0. The first kappa shape index (κ1) is 19.1. The van der Waals surface area contributed by atoms with Gasteiger partial charge in [-0.1, -0.05) is 50.6 Å². The molecule has 0 spiro atoms. The number of aryl methyl sites for hydroxylation is 1. The van der Waals surface area contributed by atoms with E-state index in [1.807, 2.05) is 52.0 Å². The Kier molecular flexibility index (Phi) is 6.24. The van der Waals surface area contributed by atoms with E-state index in [1.165, 1.54) is 0 Å². The van der Waals surface area contributed by atoms with Gasteiger partial charge >= 0.3 is 0 Å². The third-order valence-corrected chi connectivity index (χ3v) is 3.31. The molecule has 5 nitrogen and oxygen atoms in total. The minimum atomic E-state index is -0.720. The van der Waals surface area contributed by atoms with Crippen molar-refractivity contribution >= 4 is 24.0 Å². The second kappa shape index (κ2) is 7.53. The largest absolute Gasteiger partial charge is 0.322 e. The van der Waals surface area contributed by atoms with Gasteiger partial charge in [0.05, 0.1) is 18.1 Å². The van der Waals surface area contributed by atoms with E-state index in [4.69, 9.17) is 5.73 Å². The number of hydrogen-bond acceptors (Lipinski definition) is 4. The van der Waals surface area contributed by atoms with Gasteiger partial charge in [-0.3, -0.25) is 4.79 Å². The average Bonchev–Trinajstić information content (AvgIpc) is 2.47. The van der Waals surface area contributed by atoms with Crippen LogP contribution >= 0.6 is 12.4 Å². The van der Waals surface area contributed by atoms with Gasteiger partial charge in [0.15, 0.2) is 0 Å². The summed E-state index contributed by atoms with van der Waals surface area (Å²) in [5.41, 5.74) is 8.30. The summed E-state index contributed by atoms with van der Waals surface area (Å²) in [6, 6.07) is 6.87. The first-order valence-corrected chi connectivity index (χ1v) is 7.23. The van der Waals surface area contributed by atoms with Gasteiger partial charge in [0.25, 0.3) is 0 Å². The van der Waals surface area contributed by atoms with Crippen LogP contribution in [0.15, 0.2) is 36.7 Å². The van der Waals surface area contributed by atoms with Crippen LogP contribution in [0.1, 0.15) is 43.8 Å². The maximum atomic E-state index is 12.2. The Morgan fingerprint density at radius 1 is 1.13 bits per heavy atom. The summed E-state index contributed by atoms with van der Waals surface area (Å²) < 4.78 is 0. The molecule has 2 aromatic rings. The molecule has 1 unspecified atom stereocenters. The molecule has 0 saturated heterocycles. The number of rotatable bonds is 3. The van der Waals surface area contributed by atoms with Crippen LogP contribution in [0.2, 0.25) is 0 Å². The molecule has 2 rings (SSSR count). The van der Waals surface area contributed by atoms with Crippen LogP contribution in [0.5, 0.6) is 0 Å². The molecule has 1 aromatic heterocycles. The molecule has 3 N–H and O–H groups in total. The zero-order valence-corrected chi connectivity index (χ0v) is 14.6. The van der Waals surface area contributed by atoms with Gasteiger partial charge in [-0.25, -0.2) is 9.97 Å². The molecule has 23 heavy (non-hydrogen) atoms. The lowest BCUT2D eigenvalue weighted by atomic mass is 9.96. The van der Waals surface area contributed by atoms with Crippen molar-refractivity contribution < 1.29 is 4.79 Å². The van der Waals surface area contributed by atoms with Crippen molar-refractivity contribution in [1.82, 2.24) is 9.97 Å². The molecule has 0 aliphatic carbocycles. The number of carbonyl (C=O) groups is 1. The fraction of sp³-hybridized carbons (Fsp3) is 0.353. The van der Waals surface area contributed by atoms with Gasteiger partial charge in [0, 0.05) is 5.41 Å². The van der Waals surface area contributed by atoms with E-state index >= 15 is 0 Å². The summed E-state index contributed by atoms with van der Waals surface area (Å²) in [6.07, 6.45) is 3.21. The first-order valence-electron chi connectivity index (χ1n) is 7.23. The van der Waals surface area contributed by atoms with E-state index in [-0.39, 0.29) is 23.7 Å². The Morgan fingerprint density at radius 2 is 1.65 bits per heavy atom. The average molecular weight is 335 g/mol. The summed E-state index contributed by atoms with van der Waals surface area (Å²) in [6.45, 7) is 8.10. The molecule has 6 heteroatoms. The number of anilines is 1. The van der Waals surface area contributed by atoms with Gasteiger partial charge in [0.2, 0.25) is 5.91 Å². The fourth-order valence-corrected chi connectivity index (χ4v) is 1.93. The molecule has 0 aliphatic rings. The summed E-state index contributed by atoms with van der Waals surface area (Å²) in [7, 11) is 0. The maximum absolute atomic E-state index is 12.2. The van der Waals surface area contributed by atoms with E-state index < -0.39 is 6.04 Å². The van der Waals surface area contributed by atoms with Crippen LogP contribution < -0.4 is 11.1 Å². The Balaban J connectivity index is 0.00000264. The molecular formula is C17H23ClN4O. The quantitative estimate of drug-likeness (QED) is 0.903. The Morgan fingerprint density at radius 3 is 2.13 bits per heavy atom. The maximum Gasteiger partial charge on any atom is 0.245 e. The van der Waals surface area contributed by atoms with E-state index in [0.717, 1.165) is 17.0 Å². The standard InChI is InChI=1S/C17H22N4O.ClH/c1-11-5-7-12(8-6-11)14(18)15(22)21-13-9-19-16(20-10-13)17(2,3)4;/h5-10,14H,18H2,1-4H3,(H,21,22);1H. The van der Waals surface area contributed by atoms with Crippen LogP contribution in [0.4, 0.5) is 5.69 Å². The number of nitrogens with zero attached hydrogens (tertiary/aromatic N) is 2. The highest BCUT2D eigenvalue weighted by molar-refractivity contribution is 5.95. The molecule has 0 fully saturated rings. The van der Waals surface area contributed by atoms with Crippen LogP contribution in [0.3, 0.4) is 0 Å². The van der Waals surface area contributed by atoms with Gasteiger partial charge < -0.3 is 11.1 Å². The second-order valence-electron chi connectivity index (χ2n) is 6.42. The third-order valence-electron chi connectivity index (χ3n) is 3.31. The predicted molar refractivity (Wildman–Crippen MR) is 94.7 cm³/mol. The van der Waals surface area contributed by atoms with E-state index in [9.17, 15) is 4.79 Å². The number of amides is 1. The zero-order chi connectivity index (χ0) is 16.3. The van der Waals surface area contributed by atoms with E-state index in [0.29, 0.717) is 5.69 Å². The molecule has 1 amide bonds. The molecule has 1 atom stereocenters. The highest BCUT2D eigenvalue weighted by atomic mass is 35.5. The monoisotopic (exact) mass is 334 g/mol.